The van der Waals surface area contributed by atoms with Gasteiger partial charge < -0.3 is 4.90 Å². The van der Waals surface area contributed by atoms with E-state index >= 15 is 0 Å². The smallest absolute Gasteiger partial charge is 0.268 e. The molecule has 0 fully saturated rings. The van der Waals surface area contributed by atoms with Gasteiger partial charge in [0.2, 0.25) is 15.9 Å². The lowest BCUT2D eigenvalue weighted by molar-refractivity contribution is -0.129. The van der Waals surface area contributed by atoms with Gasteiger partial charge in [0.15, 0.2) is 0 Å². The normalized spacial score (nSPS) is 15.8. The Bertz CT molecular complexity index is 752. The van der Waals surface area contributed by atoms with Gasteiger partial charge in [-0.1, -0.05) is 18.2 Å². The van der Waals surface area contributed by atoms with Crippen molar-refractivity contribution in [2.45, 2.75) is 12.2 Å². The highest BCUT2D eigenvalue weighted by atomic mass is 32.2. The Morgan fingerprint density at radius 2 is 2.09 bits per heavy atom. The number of nitrogens with zero attached hydrogens (tertiary/aromatic N) is 3. The van der Waals surface area contributed by atoms with E-state index in [4.69, 9.17) is 5.26 Å². The van der Waals surface area contributed by atoms with E-state index in [0.717, 1.165) is 0 Å². The van der Waals surface area contributed by atoms with Gasteiger partial charge in [0.1, 0.15) is 6.54 Å². The summed E-state index contributed by atoms with van der Waals surface area (Å²) < 4.78 is 25.0. The van der Waals surface area contributed by atoms with Gasteiger partial charge in [0.05, 0.1) is 18.2 Å². The summed E-state index contributed by atoms with van der Waals surface area (Å²) in [6, 6.07) is 8.34. The Labute approximate surface area is 128 Å². The SMILES string of the molecule is CN(CCC#N)C(=O)CN1C(=O)c2ccccc2CS1(=O)=O. The molecule has 1 aromatic carbocycles. The van der Waals surface area contributed by atoms with Crippen LogP contribution in [-0.2, 0) is 20.6 Å². The molecule has 1 aromatic rings. The Balaban J connectivity index is 2.23. The molecule has 22 heavy (non-hydrogen) atoms. The molecule has 7 nitrogen and oxygen atoms in total. The minimum absolute atomic E-state index is 0.145. The number of likely N-dealkylation sites (N-methyl/N-ethyl adjacent to an activating group) is 1. The van der Waals surface area contributed by atoms with Crippen LogP contribution in [-0.4, -0.2) is 49.6 Å². The van der Waals surface area contributed by atoms with Gasteiger partial charge in [-0.2, -0.15) is 5.26 Å². The second kappa shape index (κ2) is 6.15. The van der Waals surface area contributed by atoms with E-state index in [2.05, 4.69) is 0 Å². The Morgan fingerprint density at radius 1 is 1.41 bits per heavy atom. The molecule has 0 spiro atoms. The van der Waals surface area contributed by atoms with Gasteiger partial charge in [-0.05, 0) is 11.6 Å². The zero-order valence-electron chi connectivity index (χ0n) is 12.0. The van der Waals surface area contributed by atoms with Crippen LogP contribution in [0.5, 0.6) is 0 Å². The maximum atomic E-state index is 12.3. The number of benzene rings is 1. The summed E-state index contributed by atoms with van der Waals surface area (Å²) >= 11 is 0. The Kier molecular flexibility index (Phi) is 4.47. The van der Waals surface area contributed by atoms with Crippen LogP contribution in [0.25, 0.3) is 0 Å². The molecule has 1 heterocycles. The quantitative estimate of drug-likeness (QED) is 0.796. The summed E-state index contributed by atoms with van der Waals surface area (Å²) in [5.41, 5.74) is 0.735. The molecule has 2 amide bonds. The van der Waals surface area contributed by atoms with Crippen LogP contribution in [0.4, 0.5) is 0 Å². The molecule has 0 unspecified atom stereocenters. The minimum Gasteiger partial charge on any atom is -0.343 e. The molecular formula is C14H15N3O4S. The predicted molar refractivity (Wildman–Crippen MR) is 78.0 cm³/mol. The number of carbonyl (C=O) groups excluding carboxylic acids is 2. The zero-order valence-corrected chi connectivity index (χ0v) is 12.8. The first-order chi connectivity index (χ1) is 10.4. The number of hydrogen-bond donors (Lipinski definition) is 0. The first kappa shape index (κ1) is 16.0. The van der Waals surface area contributed by atoms with Gasteiger partial charge in [-0.3, -0.25) is 9.59 Å². The predicted octanol–water partition coefficient (Wildman–Crippen LogP) is 0.344. The van der Waals surface area contributed by atoms with Crippen molar-refractivity contribution in [3.05, 3.63) is 35.4 Å². The van der Waals surface area contributed by atoms with Crippen molar-refractivity contribution in [1.29, 1.82) is 5.26 Å². The number of nitriles is 1. The van der Waals surface area contributed by atoms with Gasteiger partial charge in [-0.15, -0.1) is 0 Å². The van der Waals surface area contributed by atoms with Crippen LogP contribution in [0.15, 0.2) is 24.3 Å². The average Bonchev–Trinajstić information content (AvgIpc) is 2.48. The molecule has 0 saturated heterocycles. The maximum Gasteiger partial charge on any atom is 0.268 e. The van der Waals surface area contributed by atoms with Crippen LogP contribution in [0, 0.1) is 11.3 Å². The molecule has 0 atom stereocenters. The number of hydrogen-bond acceptors (Lipinski definition) is 5. The largest absolute Gasteiger partial charge is 0.343 e. The van der Waals surface area contributed by atoms with Crippen molar-refractivity contribution in [2.75, 3.05) is 20.1 Å². The van der Waals surface area contributed by atoms with Crippen LogP contribution in [0.2, 0.25) is 0 Å². The second-order valence-corrected chi connectivity index (χ2v) is 6.84. The van der Waals surface area contributed by atoms with E-state index in [1.165, 1.54) is 11.9 Å². The molecule has 2 rings (SSSR count). The van der Waals surface area contributed by atoms with Crippen molar-refractivity contribution in [2.24, 2.45) is 0 Å². The number of carbonyl (C=O) groups is 2. The lowest BCUT2D eigenvalue weighted by Gasteiger charge is -2.29. The number of amides is 2. The van der Waals surface area contributed by atoms with Crippen molar-refractivity contribution < 1.29 is 18.0 Å². The summed E-state index contributed by atoms with van der Waals surface area (Å²) in [7, 11) is -2.40. The average molecular weight is 321 g/mol. The van der Waals surface area contributed by atoms with Crippen LogP contribution in [0.3, 0.4) is 0 Å². The summed E-state index contributed by atoms with van der Waals surface area (Å²) in [6.45, 7) is -0.356. The first-order valence-corrected chi connectivity index (χ1v) is 8.21. The van der Waals surface area contributed by atoms with E-state index in [-0.39, 0.29) is 18.7 Å². The zero-order chi connectivity index (χ0) is 16.3. The highest BCUT2D eigenvalue weighted by Gasteiger charge is 2.37. The third-order valence-electron chi connectivity index (χ3n) is 3.41. The number of sulfonamides is 1. The molecule has 0 aromatic heterocycles. The third kappa shape index (κ3) is 3.09. The minimum atomic E-state index is -3.86. The summed E-state index contributed by atoms with van der Waals surface area (Å²) in [5.74, 6) is -1.51. The Hall–Kier alpha value is -2.40. The van der Waals surface area contributed by atoms with Crippen molar-refractivity contribution in [3.63, 3.8) is 0 Å². The topological polar surface area (TPSA) is 98.5 Å². The van der Waals surface area contributed by atoms with E-state index in [1.54, 1.807) is 24.3 Å². The molecular weight excluding hydrogens is 306 g/mol. The second-order valence-electron chi connectivity index (χ2n) is 4.95. The van der Waals surface area contributed by atoms with Crippen molar-refractivity contribution >= 4 is 21.8 Å². The molecule has 8 heteroatoms. The lowest BCUT2D eigenvalue weighted by atomic mass is 10.1. The molecule has 1 aliphatic heterocycles. The highest BCUT2D eigenvalue weighted by Crippen LogP contribution is 2.24. The lowest BCUT2D eigenvalue weighted by Crippen LogP contribution is -2.47. The van der Waals surface area contributed by atoms with Gasteiger partial charge in [-0.25, -0.2) is 12.7 Å². The van der Waals surface area contributed by atoms with E-state index in [1.807, 2.05) is 6.07 Å². The third-order valence-corrected chi connectivity index (χ3v) is 5.05. The molecule has 0 bridgehead atoms. The molecule has 1 aliphatic rings. The van der Waals surface area contributed by atoms with E-state index in [0.29, 0.717) is 15.4 Å². The van der Waals surface area contributed by atoms with E-state index < -0.39 is 28.4 Å². The maximum absolute atomic E-state index is 12.3. The molecule has 0 N–H and O–H groups in total. The fourth-order valence-electron chi connectivity index (χ4n) is 2.15. The van der Waals surface area contributed by atoms with E-state index in [9.17, 15) is 18.0 Å². The number of rotatable bonds is 4. The van der Waals surface area contributed by atoms with Gasteiger partial charge in [0, 0.05) is 19.2 Å². The van der Waals surface area contributed by atoms with Gasteiger partial charge >= 0.3 is 0 Å². The summed E-state index contributed by atoms with van der Waals surface area (Å²) in [6.07, 6.45) is 0.145. The van der Waals surface area contributed by atoms with Crippen molar-refractivity contribution in [1.82, 2.24) is 9.21 Å². The fourth-order valence-corrected chi connectivity index (χ4v) is 3.60. The van der Waals surface area contributed by atoms with Crippen LogP contribution < -0.4 is 0 Å². The summed E-state index contributed by atoms with van der Waals surface area (Å²) in [5, 5.41) is 8.50. The standard InChI is InChI=1S/C14H15N3O4S/c1-16(8-4-7-15)13(18)9-17-14(19)12-6-3-2-5-11(12)10-22(17,20)21/h2-3,5-6H,4,8-10H2,1H3. The highest BCUT2D eigenvalue weighted by molar-refractivity contribution is 7.89. The van der Waals surface area contributed by atoms with Gasteiger partial charge in [0.25, 0.3) is 5.91 Å². The number of fused-ring (bicyclic) bond motifs is 1. The molecule has 0 aliphatic carbocycles. The monoisotopic (exact) mass is 321 g/mol. The Morgan fingerprint density at radius 3 is 2.77 bits per heavy atom. The van der Waals surface area contributed by atoms with Crippen LogP contribution in [0.1, 0.15) is 22.3 Å². The molecule has 0 radical (unpaired) electrons. The summed E-state index contributed by atoms with van der Waals surface area (Å²) in [4.78, 5) is 25.6. The molecule has 0 saturated carbocycles. The van der Waals surface area contributed by atoms with Crippen LogP contribution >= 0.6 is 0 Å². The molecule has 116 valence electrons. The first-order valence-electron chi connectivity index (χ1n) is 6.60. The fraction of sp³-hybridized carbons (Fsp3) is 0.357. The van der Waals surface area contributed by atoms with Crippen molar-refractivity contribution in [3.8, 4) is 6.07 Å².